The monoisotopic (exact) mass is 231 g/mol. The van der Waals surface area contributed by atoms with Crippen molar-refractivity contribution in [3.05, 3.63) is 0 Å². The van der Waals surface area contributed by atoms with E-state index in [0.717, 1.165) is 25.5 Å². The van der Waals surface area contributed by atoms with Crippen LogP contribution in [0.25, 0.3) is 0 Å². The summed E-state index contributed by atoms with van der Waals surface area (Å²) >= 11 is 0. The van der Waals surface area contributed by atoms with E-state index in [1.54, 1.807) is 0 Å². The third-order valence-electron chi connectivity index (χ3n) is 3.35. The van der Waals surface area contributed by atoms with Crippen LogP contribution in [-0.4, -0.2) is 43.5 Å². The van der Waals surface area contributed by atoms with Crippen LogP contribution in [0.2, 0.25) is 0 Å². The Morgan fingerprint density at radius 2 is 2.38 bits per heavy atom. The first-order valence-electron chi connectivity index (χ1n) is 5.94. The molecule has 1 unspecified atom stereocenters. The van der Waals surface area contributed by atoms with Gasteiger partial charge < -0.3 is 10.2 Å². The first kappa shape index (κ1) is 11.6. The highest BCUT2D eigenvalue weighted by Gasteiger charge is 2.36. The van der Waals surface area contributed by atoms with Crippen molar-refractivity contribution in [2.75, 3.05) is 26.7 Å². The molecule has 0 aromatic heterocycles. The van der Waals surface area contributed by atoms with Crippen molar-refractivity contribution in [2.45, 2.75) is 31.6 Å². The predicted octanol–water partition coefficient (Wildman–Crippen LogP) is 1.70. The van der Waals surface area contributed by atoms with E-state index < -0.39 is 5.92 Å². The predicted molar refractivity (Wildman–Crippen MR) is 59.8 cm³/mol. The fourth-order valence-electron chi connectivity index (χ4n) is 2.41. The standard InChI is InChI=1S/C11H19F2N3/c1-16-6-5-14-10(16)15-8-9-3-2-4-11(12,13)7-9/h9H,2-8H2,1H3,(H,14,15). The third kappa shape index (κ3) is 2.83. The van der Waals surface area contributed by atoms with E-state index in [1.807, 2.05) is 11.9 Å². The summed E-state index contributed by atoms with van der Waals surface area (Å²) in [6.07, 6.45) is 1.63. The summed E-state index contributed by atoms with van der Waals surface area (Å²) in [5, 5.41) is 3.18. The molecule has 2 rings (SSSR count). The van der Waals surface area contributed by atoms with E-state index in [4.69, 9.17) is 0 Å². The van der Waals surface area contributed by atoms with Crippen LogP contribution in [0.4, 0.5) is 8.78 Å². The van der Waals surface area contributed by atoms with Crippen LogP contribution < -0.4 is 5.32 Å². The average Bonchev–Trinajstić information content (AvgIpc) is 2.60. The van der Waals surface area contributed by atoms with Crippen molar-refractivity contribution < 1.29 is 8.78 Å². The molecule has 0 aromatic carbocycles. The Bertz CT molecular complexity index is 278. The quantitative estimate of drug-likeness (QED) is 0.783. The maximum Gasteiger partial charge on any atom is 0.248 e. The summed E-state index contributed by atoms with van der Waals surface area (Å²) < 4.78 is 26.3. The van der Waals surface area contributed by atoms with Crippen molar-refractivity contribution in [3.63, 3.8) is 0 Å². The van der Waals surface area contributed by atoms with Crippen LogP contribution in [0, 0.1) is 5.92 Å². The maximum atomic E-state index is 13.2. The zero-order valence-electron chi connectivity index (χ0n) is 9.68. The zero-order valence-corrected chi connectivity index (χ0v) is 9.68. The maximum absolute atomic E-state index is 13.2. The minimum Gasteiger partial charge on any atom is -0.356 e. The molecule has 5 heteroatoms. The molecular formula is C11H19F2N3. The van der Waals surface area contributed by atoms with Crippen molar-refractivity contribution in [1.29, 1.82) is 0 Å². The molecule has 1 aliphatic heterocycles. The van der Waals surface area contributed by atoms with Gasteiger partial charge in [0.2, 0.25) is 5.92 Å². The van der Waals surface area contributed by atoms with E-state index in [2.05, 4.69) is 10.3 Å². The summed E-state index contributed by atoms with van der Waals surface area (Å²) in [6.45, 7) is 2.35. The van der Waals surface area contributed by atoms with Gasteiger partial charge in [-0.25, -0.2) is 8.78 Å². The Morgan fingerprint density at radius 1 is 1.56 bits per heavy atom. The molecule has 0 amide bonds. The molecule has 1 heterocycles. The zero-order chi connectivity index (χ0) is 11.6. The van der Waals surface area contributed by atoms with Crippen LogP contribution >= 0.6 is 0 Å². The highest BCUT2D eigenvalue weighted by molar-refractivity contribution is 5.81. The van der Waals surface area contributed by atoms with Gasteiger partial charge in [0.25, 0.3) is 0 Å². The molecule has 0 aromatic rings. The Kier molecular flexibility index (Phi) is 3.30. The summed E-state index contributed by atoms with van der Waals surface area (Å²) in [6, 6.07) is 0. The molecule has 1 atom stereocenters. The lowest BCUT2D eigenvalue weighted by molar-refractivity contribution is -0.0515. The number of halogens is 2. The summed E-state index contributed by atoms with van der Waals surface area (Å²) in [5.41, 5.74) is 0. The van der Waals surface area contributed by atoms with Crippen molar-refractivity contribution in [3.8, 4) is 0 Å². The van der Waals surface area contributed by atoms with Gasteiger partial charge in [0.1, 0.15) is 0 Å². The van der Waals surface area contributed by atoms with Gasteiger partial charge in [-0.3, -0.25) is 4.99 Å². The molecule has 1 aliphatic carbocycles. The molecule has 3 nitrogen and oxygen atoms in total. The van der Waals surface area contributed by atoms with Gasteiger partial charge in [-0.15, -0.1) is 0 Å². The average molecular weight is 231 g/mol. The molecule has 0 bridgehead atoms. The molecule has 1 fully saturated rings. The molecule has 0 radical (unpaired) electrons. The first-order valence-corrected chi connectivity index (χ1v) is 5.94. The molecule has 1 saturated carbocycles. The second-order valence-electron chi connectivity index (χ2n) is 4.83. The lowest BCUT2D eigenvalue weighted by Crippen LogP contribution is -2.40. The first-order chi connectivity index (χ1) is 7.57. The molecular weight excluding hydrogens is 212 g/mol. The van der Waals surface area contributed by atoms with E-state index in [-0.39, 0.29) is 18.8 Å². The van der Waals surface area contributed by atoms with Crippen molar-refractivity contribution in [1.82, 2.24) is 10.2 Å². The largest absolute Gasteiger partial charge is 0.356 e. The highest BCUT2D eigenvalue weighted by atomic mass is 19.3. The highest BCUT2D eigenvalue weighted by Crippen LogP contribution is 2.36. The van der Waals surface area contributed by atoms with Crippen molar-refractivity contribution in [2.24, 2.45) is 10.9 Å². The number of rotatable bonds is 2. The lowest BCUT2D eigenvalue weighted by atomic mass is 9.86. The lowest BCUT2D eigenvalue weighted by Gasteiger charge is -2.29. The van der Waals surface area contributed by atoms with Crippen molar-refractivity contribution >= 4 is 5.96 Å². The Labute approximate surface area is 94.9 Å². The minimum atomic E-state index is -2.45. The van der Waals surface area contributed by atoms with E-state index in [9.17, 15) is 8.78 Å². The third-order valence-corrected chi connectivity index (χ3v) is 3.35. The Morgan fingerprint density at radius 3 is 3.00 bits per heavy atom. The Balaban J connectivity index is 1.77. The smallest absolute Gasteiger partial charge is 0.248 e. The molecule has 92 valence electrons. The normalized spacial score (nSPS) is 29.1. The Hall–Kier alpha value is -0.870. The second-order valence-corrected chi connectivity index (χ2v) is 4.83. The van der Waals surface area contributed by atoms with Crippen LogP contribution in [0.1, 0.15) is 25.7 Å². The number of aliphatic imine (C=N–C) groups is 1. The molecule has 16 heavy (non-hydrogen) atoms. The molecule has 0 saturated heterocycles. The number of likely N-dealkylation sites (N-methyl/N-ethyl adjacent to an activating group) is 1. The van der Waals surface area contributed by atoms with E-state index in [0.29, 0.717) is 13.0 Å². The van der Waals surface area contributed by atoms with Gasteiger partial charge in [0.05, 0.1) is 6.54 Å². The van der Waals surface area contributed by atoms with Gasteiger partial charge in [-0.1, -0.05) is 0 Å². The number of hydrogen-bond donors (Lipinski definition) is 1. The van der Waals surface area contributed by atoms with Crippen LogP contribution in [0.3, 0.4) is 0 Å². The summed E-state index contributed by atoms with van der Waals surface area (Å²) in [4.78, 5) is 6.31. The molecule has 2 aliphatic rings. The van der Waals surface area contributed by atoms with Crippen LogP contribution in [-0.2, 0) is 0 Å². The number of guanidine groups is 1. The van der Waals surface area contributed by atoms with E-state index >= 15 is 0 Å². The fraction of sp³-hybridized carbons (Fsp3) is 0.909. The summed E-state index contributed by atoms with van der Waals surface area (Å²) in [7, 11) is 1.97. The van der Waals surface area contributed by atoms with Gasteiger partial charge in [0.15, 0.2) is 5.96 Å². The van der Waals surface area contributed by atoms with Gasteiger partial charge in [-0.2, -0.15) is 0 Å². The number of nitrogens with one attached hydrogen (secondary N) is 1. The number of alkyl halides is 2. The fourth-order valence-corrected chi connectivity index (χ4v) is 2.41. The van der Waals surface area contributed by atoms with Gasteiger partial charge >= 0.3 is 0 Å². The SMILES string of the molecule is CN1CCN=C1NCC1CCCC(F)(F)C1. The van der Waals surface area contributed by atoms with Gasteiger partial charge in [-0.05, 0) is 18.8 Å². The summed E-state index contributed by atoms with van der Waals surface area (Å²) in [5.74, 6) is -1.51. The topological polar surface area (TPSA) is 27.6 Å². The second kappa shape index (κ2) is 4.55. The van der Waals surface area contributed by atoms with Crippen LogP contribution in [0.15, 0.2) is 4.99 Å². The van der Waals surface area contributed by atoms with E-state index in [1.165, 1.54) is 0 Å². The minimum absolute atomic E-state index is 0.0248. The van der Waals surface area contributed by atoms with Crippen LogP contribution in [0.5, 0.6) is 0 Å². The number of nitrogens with zero attached hydrogens (tertiary/aromatic N) is 2. The molecule has 1 N–H and O–H groups in total. The number of hydrogen-bond acceptors (Lipinski definition) is 3. The van der Waals surface area contributed by atoms with Gasteiger partial charge in [0, 0.05) is 33.0 Å². The molecule has 0 spiro atoms.